The first-order valence-electron chi connectivity index (χ1n) is 8.57. The molecule has 124 valence electrons. The lowest BCUT2D eigenvalue weighted by atomic mass is 9.99. The SMILES string of the molecule is CCCCc1ccc2c(N)c(C(=O)N3CCC(C)CC3)sc2n1. The number of likely N-dealkylation sites (tertiary alicyclic amines) is 1. The predicted octanol–water partition coefficient (Wildman–Crippen LogP) is 4.09. The van der Waals surface area contributed by atoms with Gasteiger partial charge in [0.15, 0.2) is 0 Å². The number of nitrogens with zero attached hydrogens (tertiary/aromatic N) is 2. The number of hydrogen-bond acceptors (Lipinski definition) is 4. The van der Waals surface area contributed by atoms with E-state index in [9.17, 15) is 4.79 Å². The van der Waals surface area contributed by atoms with Gasteiger partial charge in [-0.2, -0.15) is 0 Å². The molecule has 3 rings (SSSR count). The molecule has 1 saturated heterocycles. The highest BCUT2D eigenvalue weighted by atomic mass is 32.1. The van der Waals surface area contributed by atoms with Gasteiger partial charge in [-0.05, 0) is 43.7 Å². The van der Waals surface area contributed by atoms with Crippen molar-refractivity contribution in [3.8, 4) is 0 Å². The number of thiophene rings is 1. The molecule has 1 aliphatic rings. The van der Waals surface area contributed by atoms with E-state index in [1.807, 2.05) is 17.0 Å². The molecule has 0 aromatic carbocycles. The molecule has 1 aliphatic heterocycles. The Hall–Kier alpha value is -1.62. The predicted molar refractivity (Wildman–Crippen MR) is 96.9 cm³/mol. The molecule has 2 aromatic heterocycles. The Labute approximate surface area is 141 Å². The van der Waals surface area contributed by atoms with Crippen molar-refractivity contribution in [3.63, 3.8) is 0 Å². The standard InChI is InChI=1S/C18H25N3OS/c1-3-4-5-13-6-7-14-15(19)16(23-17(14)20-13)18(22)21-10-8-12(2)9-11-21/h6-7,12H,3-5,8-11,19H2,1-2H3. The average Bonchev–Trinajstić information content (AvgIpc) is 2.89. The van der Waals surface area contributed by atoms with Crippen LogP contribution in [0.2, 0.25) is 0 Å². The van der Waals surface area contributed by atoms with Gasteiger partial charge in [-0.1, -0.05) is 20.3 Å². The van der Waals surface area contributed by atoms with Gasteiger partial charge in [-0.3, -0.25) is 4.79 Å². The first-order valence-corrected chi connectivity index (χ1v) is 9.39. The molecule has 0 radical (unpaired) electrons. The Morgan fingerprint density at radius 1 is 1.39 bits per heavy atom. The van der Waals surface area contributed by atoms with Crippen molar-refractivity contribution < 1.29 is 4.79 Å². The summed E-state index contributed by atoms with van der Waals surface area (Å²) >= 11 is 1.45. The number of piperidine rings is 1. The molecule has 4 nitrogen and oxygen atoms in total. The lowest BCUT2D eigenvalue weighted by Gasteiger charge is -2.30. The number of hydrogen-bond donors (Lipinski definition) is 1. The normalized spacial score (nSPS) is 16.2. The molecule has 23 heavy (non-hydrogen) atoms. The third-order valence-electron chi connectivity index (χ3n) is 4.70. The third kappa shape index (κ3) is 3.34. The highest BCUT2D eigenvalue weighted by Crippen LogP contribution is 2.34. The maximum absolute atomic E-state index is 12.8. The topological polar surface area (TPSA) is 59.2 Å². The lowest BCUT2D eigenvalue weighted by Crippen LogP contribution is -2.37. The zero-order valence-electron chi connectivity index (χ0n) is 14.0. The van der Waals surface area contributed by atoms with Crippen LogP contribution in [0.25, 0.3) is 10.2 Å². The lowest BCUT2D eigenvalue weighted by molar-refractivity contribution is 0.0703. The molecular weight excluding hydrogens is 306 g/mol. The number of unbranched alkanes of at least 4 members (excludes halogenated alkanes) is 1. The number of pyridine rings is 1. The molecule has 2 N–H and O–H groups in total. The van der Waals surface area contributed by atoms with Gasteiger partial charge in [0.25, 0.3) is 5.91 Å². The van der Waals surface area contributed by atoms with E-state index >= 15 is 0 Å². The van der Waals surface area contributed by atoms with Crippen LogP contribution in [0, 0.1) is 5.92 Å². The Morgan fingerprint density at radius 2 is 2.13 bits per heavy atom. The van der Waals surface area contributed by atoms with Gasteiger partial charge in [0, 0.05) is 24.2 Å². The number of carbonyl (C=O) groups is 1. The highest BCUT2D eigenvalue weighted by molar-refractivity contribution is 7.21. The summed E-state index contributed by atoms with van der Waals surface area (Å²) in [5.74, 6) is 0.786. The first-order chi connectivity index (χ1) is 11.1. The van der Waals surface area contributed by atoms with Crippen molar-refractivity contribution in [2.45, 2.75) is 46.0 Å². The second kappa shape index (κ2) is 6.87. The average molecular weight is 331 g/mol. The monoisotopic (exact) mass is 331 g/mol. The van der Waals surface area contributed by atoms with Crippen molar-refractivity contribution in [1.82, 2.24) is 9.88 Å². The number of fused-ring (bicyclic) bond motifs is 1. The second-order valence-electron chi connectivity index (χ2n) is 6.58. The molecule has 2 aromatic rings. The first kappa shape index (κ1) is 16.2. The van der Waals surface area contributed by atoms with Crippen LogP contribution in [0.3, 0.4) is 0 Å². The smallest absolute Gasteiger partial charge is 0.266 e. The molecule has 0 unspecified atom stereocenters. The highest BCUT2D eigenvalue weighted by Gasteiger charge is 2.25. The van der Waals surface area contributed by atoms with Crippen LogP contribution < -0.4 is 5.73 Å². The Kier molecular flexibility index (Phi) is 4.85. The van der Waals surface area contributed by atoms with Crippen LogP contribution in [0.4, 0.5) is 5.69 Å². The van der Waals surface area contributed by atoms with Crippen LogP contribution in [0.5, 0.6) is 0 Å². The van der Waals surface area contributed by atoms with Gasteiger partial charge < -0.3 is 10.6 Å². The number of aryl methyl sites for hydroxylation is 1. The fourth-order valence-electron chi connectivity index (χ4n) is 3.05. The van der Waals surface area contributed by atoms with Gasteiger partial charge in [0.2, 0.25) is 0 Å². The molecule has 0 saturated carbocycles. The molecule has 0 atom stereocenters. The van der Waals surface area contributed by atoms with Gasteiger partial charge >= 0.3 is 0 Å². The van der Waals surface area contributed by atoms with E-state index in [2.05, 4.69) is 13.8 Å². The van der Waals surface area contributed by atoms with E-state index in [1.165, 1.54) is 11.3 Å². The fourth-order valence-corrected chi connectivity index (χ4v) is 4.13. The third-order valence-corrected chi connectivity index (χ3v) is 5.81. The van der Waals surface area contributed by atoms with E-state index in [0.717, 1.165) is 61.1 Å². The molecule has 5 heteroatoms. The summed E-state index contributed by atoms with van der Waals surface area (Å²) in [4.78, 5) is 21.0. The Morgan fingerprint density at radius 3 is 2.83 bits per heavy atom. The zero-order valence-corrected chi connectivity index (χ0v) is 14.8. The molecule has 0 aliphatic carbocycles. The molecule has 0 spiro atoms. The zero-order chi connectivity index (χ0) is 16.4. The van der Waals surface area contributed by atoms with E-state index in [0.29, 0.717) is 16.5 Å². The van der Waals surface area contributed by atoms with Crippen LogP contribution in [-0.2, 0) is 6.42 Å². The maximum Gasteiger partial charge on any atom is 0.266 e. The summed E-state index contributed by atoms with van der Waals surface area (Å²) < 4.78 is 0. The van der Waals surface area contributed by atoms with Gasteiger partial charge in [0.05, 0.1) is 5.69 Å². The van der Waals surface area contributed by atoms with E-state index < -0.39 is 0 Å². The maximum atomic E-state index is 12.8. The summed E-state index contributed by atoms with van der Waals surface area (Å²) in [5.41, 5.74) is 7.94. The number of aromatic nitrogens is 1. The number of amides is 1. The van der Waals surface area contributed by atoms with Crippen molar-refractivity contribution >= 4 is 33.1 Å². The van der Waals surface area contributed by atoms with Crippen molar-refractivity contribution in [2.75, 3.05) is 18.8 Å². The summed E-state index contributed by atoms with van der Waals surface area (Å²) in [6.07, 6.45) is 5.43. The molecule has 0 bridgehead atoms. The molecule has 1 amide bonds. The summed E-state index contributed by atoms with van der Waals surface area (Å²) in [7, 11) is 0. The number of rotatable bonds is 4. The Bertz CT molecular complexity index is 702. The quantitative estimate of drug-likeness (QED) is 0.918. The second-order valence-corrected chi connectivity index (χ2v) is 7.58. The Balaban J connectivity index is 1.85. The van der Waals surface area contributed by atoms with E-state index in [1.54, 1.807) is 0 Å². The van der Waals surface area contributed by atoms with E-state index in [4.69, 9.17) is 10.7 Å². The van der Waals surface area contributed by atoms with Crippen LogP contribution >= 0.6 is 11.3 Å². The largest absolute Gasteiger partial charge is 0.397 e. The minimum absolute atomic E-state index is 0.0764. The van der Waals surface area contributed by atoms with E-state index in [-0.39, 0.29) is 5.91 Å². The van der Waals surface area contributed by atoms with Crippen molar-refractivity contribution in [2.24, 2.45) is 5.92 Å². The van der Waals surface area contributed by atoms with Gasteiger partial charge in [-0.15, -0.1) is 11.3 Å². The minimum atomic E-state index is 0.0764. The minimum Gasteiger partial charge on any atom is -0.397 e. The van der Waals surface area contributed by atoms with Gasteiger partial charge in [-0.25, -0.2) is 4.98 Å². The molecule has 3 heterocycles. The summed E-state index contributed by atoms with van der Waals surface area (Å²) in [6, 6.07) is 4.06. The van der Waals surface area contributed by atoms with Crippen LogP contribution in [-0.4, -0.2) is 28.9 Å². The number of anilines is 1. The summed E-state index contributed by atoms with van der Waals surface area (Å²) in [5, 5.41) is 0.920. The summed E-state index contributed by atoms with van der Waals surface area (Å²) in [6.45, 7) is 6.10. The molecule has 1 fully saturated rings. The number of nitrogen functional groups attached to an aromatic ring is 1. The van der Waals surface area contributed by atoms with Crippen LogP contribution in [0.1, 0.15) is 54.9 Å². The molecular formula is C18H25N3OS. The van der Waals surface area contributed by atoms with Crippen molar-refractivity contribution in [1.29, 1.82) is 0 Å². The number of nitrogens with two attached hydrogens (primary N) is 1. The van der Waals surface area contributed by atoms with Crippen molar-refractivity contribution in [3.05, 3.63) is 22.7 Å². The fraction of sp³-hybridized carbons (Fsp3) is 0.556. The van der Waals surface area contributed by atoms with Crippen LogP contribution in [0.15, 0.2) is 12.1 Å². The van der Waals surface area contributed by atoms with Gasteiger partial charge in [0.1, 0.15) is 9.71 Å². The number of carbonyl (C=O) groups excluding carboxylic acids is 1.